The molecule has 7 nitrogen and oxygen atoms in total. The van der Waals surface area contributed by atoms with Crippen molar-refractivity contribution in [3.63, 3.8) is 0 Å². The monoisotopic (exact) mass is 295 g/mol. The summed E-state index contributed by atoms with van der Waals surface area (Å²) in [5.74, 6) is 1.82. The molecule has 2 amide bonds. The van der Waals surface area contributed by atoms with Gasteiger partial charge in [-0.15, -0.1) is 0 Å². The van der Waals surface area contributed by atoms with Gasteiger partial charge in [0.05, 0.1) is 6.54 Å². The molecule has 0 radical (unpaired) electrons. The van der Waals surface area contributed by atoms with Crippen LogP contribution < -0.4 is 11.1 Å². The highest BCUT2D eigenvalue weighted by atomic mass is 16.5. The zero-order chi connectivity index (χ0) is 15.5. The summed E-state index contributed by atoms with van der Waals surface area (Å²) in [6, 6.07) is -0.458. The van der Waals surface area contributed by atoms with E-state index in [9.17, 15) is 4.79 Å². The minimum Gasteiger partial charge on any atom is -0.352 e. The Balaban J connectivity index is 1.87. The first-order chi connectivity index (χ1) is 9.84. The fourth-order valence-electron chi connectivity index (χ4n) is 2.53. The van der Waals surface area contributed by atoms with Crippen molar-refractivity contribution >= 4 is 6.03 Å². The fourth-order valence-corrected chi connectivity index (χ4v) is 2.53. The summed E-state index contributed by atoms with van der Waals surface area (Å²) in [5.41, 5.74) is 4.99. The highest BCUT2D eigenvalue weighted by molar-refractivity contribution is 5.71. The molecule has 1 atom stereocenters. The number of likely N-dealkylation sites (tertiary alicyclic amines) is 1. The standard InChI is InChI=1S/C14H25N5O2/c1-14(2,3)12-17-11(18-21-12)9-19-6-4-5-10(8-19)7-16-13(15)20/h10H,4-9H2,1-3H3,(H3,15,16,20). The Hall–Kier alpha value is -1.63. The van der Waals surface area contributed by atoms with E-state index in [0.717, 1.165) is 31.8 Å². The van der Waals surface area contributed by atoms with Crippen LogP contribution in [0.15, 0.2) is 4.52 Å². The third kappa shape index (κ3) is 4.70. The molecule has 1 saturated heterocycles. The Bertz CT molecular complexity index is 480. The number of urea groups is 1. The molecule has 1 aromatic rings. The number of nitrogens with zero attached hydrogens (tertiary/aromatic N) is 3. The summed E-state index contributed by atoms with van der Waals surface area (Å²) >= 11 is 0. The van der Waals surface area contributed by atoms with Crippen LogP contribution in [-0.2, 0) is 12.0 Å². The van der Waals surface area contributed by atoms with E-state index in [4.69, 9.17) is 10.3 Å². The second kappa shape index (κ2) is 6.43. The summed E-state index contributed by atoms with van der Waals surface area (Å²) in [6.45, 7) is 9.41. The molecule has 1 fully saturated rings. The number of carbonyl (C=O) groups is 1. The number of piperidine rings is 1. The highest BCUT2D eigenvalue weighted by Crippen LogP contribution is 2.21. The molecule has 1 unspecified atom stereocenters. The molecule has 0 aromatic carbocycles. The van der Waals surface area contributed by atoms with E-state index in [1.165, 1.54) is 0 Å². The number of amides is 2. The van der Waals surface area contributed by atoms with Crippen LogP contribution in [0.5, 0.6) is 0 Å². The van der Waals surface area contributed by atoms with Gasteiger partial charge in [0, 0.05) is 18.5 Å². The minimum absolute atomic E-state index is 0.124. The first kappa shape index (κ1) is 15.8. The molecule has 1 aliphatic heterocycles. The molecule has 2 heterocycles. The Labute approximate surface area is 125 Å². The smallest absolute Gasteiger partial charge is 0.312 e. The van der Waals surface area contributed by atoms with Crippen LogP contribution in [0, 0.1) is 5.92 Å². The summed E-state index contributed by atoms with van der Waals surface area (Å²) < 4.78 is 5.32. The van der Waals surface area contributed by atoms with Gasteiger partial charge in [0.2, 0.25) is 5.89 Å². The number of nitrogens with one attached hydrogen (secondary N) is 1. The average molecular weight is 295 g/mol. The Morgan fingerprint density at radius 1 is 1.52 bits per heavy atom. The molecule has 3 N–H and O–H groups in total. The molecule has 2 rings (SSSR count). The molecular weight excluding hydrogens is 270 g/mol. The summed E-state index contributed by atoms with van der Waals surface area (Å²) in [6.07, 6.45) is 2.21. The predicted octanol–water partition coefficient (Wildman–Crippen LogP) is 1.25. The van der Waals surface area contributed by atoms with Crippen molar-refractivity contribution in [2.24, 2.45) is 11.7 Å². The fraction of sp³-hybridized carbons (Fsp3) is 0.786. The number of primary amides is 1. The normalized spacial score (nSPS) is 20.4. The quantitative estimate of drug-likeness (QED) is 0.871. The molecule has 0 bridgehead atoms. The van der Waals surface area contributed by atoms with Crippen LogP contribution in [0.4, 0.5) is 4.79 Å². The zero-order valence-electron chi connectivity index (χ0n) is 13.1. The zero-order valence-corrected chi connectivity index (χ0v) is 13.1. The Morgan fingerprint density at radius 3 is 2.90 bits per heavy atom. The van der Waals surface area contributed by atoms with E-state index in [0.29, 0.717) is 24.9 Å². The molecule has 1 aromatic heterocycles. The lowest BCUT2D eigenvalue weighted by atomic mass is 9.97. The molecular formula is C14H25N5O2. The van der Waals surface area contributed by atoms with E-state index in [2.05, 4.69) is 41.1 Å². The Morgan fingerprint density at radius 2 is 2.29 bits per heavy atom. The van der Waals surface area contributed by atoms with Gasteiger partial charge in [-0.1, -0.05) is 25.9 Å². The van der Waals surface area contributed by atoms with E-state index in [-0.39, 0.29) is 5.41 Å². The molecule has 0 saturated carbocycles. The maximum atomic E-state index is 10.8. The maximum absolute atomic E-state index is 10.8. The van der Waals surface area contributed by atoms with Crippen LogP contribution in [0.2, 0.25) is 0 Å². The SMILES string of the molecule is CC(C)(C)c1nc(CN2CCCC(CNC(N)=O)C2)no1. The number of rotatable bonds is 4. The van der Waals surface area contributed by atoms with E-state index in [1.807, 2.05) is 0 Å². The average Bonchev–Trinajstić information content (AvgIpc) is 2.85. The van der Waals surface area contributed by atoms with Crippen LogP contribution in [-0.4, -0.2) is 40.7 Å². The molecule has 0 spiro atoms. The van der Waals surface area contributed by atoms with Crippen molar-refractivity contribution in [1.82, 2.24) is 20.4 Å². The number of aromatic nitrogens is 2. The van der Waals surface area contributed by atoms with Gasteiger partial charge in [0.25, 0.3) is 0 Å². The van der Waals surface area contributed by atoms with Gasteiger partial charge in [-0.3, -0.25) is 4.90 Å². The molecule has 7 heteroatoms. The molecule has 118 valence electrons. The van der Waals surface area contributed by atoms with Crippen molar-refractivity contribution in [2.75, 3.05) is 19.6 Å². The molecule has 21 heavy (non-hydrogen) atoms. The van der Waals surface area contributed by atoms with Crippen LogP contribution in [0.3, 0.4) is 0 Å². The van der Waals surface area contributed by atoms with E-state index < -0.39 is 6.03 Å². The minimum atomic E-state index is -0.458. The van der Waals surface area contributed by atoms with Gasteiger partial charge < -0.3 is 15.6 Å². The third-order valence-corrected chi connectivity index (χ3v) is 3.64. The lowest BCUT2D eigenvalue weighted by molar-refractivity contribution is 0.161. The Kier molecular flexibility index (Phi) is 4.82. The summed E-state index contributed by atoms with van der Waals surface area (Å²) in [5, 5.41) is 6.74. The number of nitrogens with two attached hydrogens (primary N) is 1. The number of hydrogen-bond acceptors (Lipinski definition) is 5. The van der Waals surface area contributed by atoms with Gasteiger partial charge in [-0.25, -0.2) is 4.79 Å². The van der Waals surface area contributed by atoms with Crippen molar-refractivity contribution in [3.8, 4) is 0 Å². The second-order valence-corrected chi connectivity index (χ2v) is 6.75. The summed E-state index contributed by atoms with van der Waals surface area (Å²) in [4.78, 5) is 17.5. The number of carbonyl (C=O) groups excluding carboxylic acids is 1. The van der Waals surface area contributed by atoms with Crippen molar-refractivity contribution in [3.05, 3.63) is 11.7 Å². The summed E-state index contributed by atoms with van der Waals surface area (Å²) in [7, 11) is 0. The van der Waals surface area contributed by atoms with Crippen LogP contribution >= 0.6 is 0 Å². The van der Waals surface area contributed by atoms with Crippen LogP contribution in [0.1, 0.15) is 45.3 Å². The van der Waals surface area contributed by atoms with Gasteiger partial charge in [0.1, 0.15) is 0 Å². The van der Waals surface area contributed by atoms with E-state index >= 15 is 0 Å². The second-order valence-electron chi connectivity index (χ2n) is 6.75. The maximum Gasteiger partial charge on any atom is 0.312 e. The lowest BCUT2D eigenvalue weighted by Crippen LogP contribution is -2.42. The highest BCUT2D eigenvalue weighted by Gasteiger charge is 2.24. The van der Waals surface area contributed by atoms with Crippen LogP contribution in [0.25, 0.3) is 0 Å². The van der Waals surface area contributed by atoms with Crippen molar-refractivity contribution in [1.29, 1.82) is 0 Å². The molecule has 1 aliphatic rings. The third-order valence-electron chi connectivity index (χ3n) is 3.64. The topological polar surface area (TPSA) is 97.3 Å². The number of hydrogen-bond donors (Lipinski definition) is 2. The van der Waals surface area contributed by atoms with Gasteiger partial charge in [0.15, 0.2) is 5.82 Å². The first-order valence-corrected chi connectivity index (χ1v) is 7.43. The van der Waals surface area contributed by atoms with Gasteiger partial charge in [-0.05, 0) is 25.3 Å². The van der Waals surface area contributed by atoms with Crippen molar-refractivity contribution in [2.45, 2.75) is 45.6 Å². The predicted molar refractivity (Wildman–Crippen MR) is 78.6 cm³/mol. The van der Waals surface area contributed by atoms with Gasteiger partial charge in [-0.2, -0.15) is 4.98 Å². The van der Waals surface area contributed by atoms with E-state index in [1.54, 1.807) is 0 Å². The molecule has 0 aliphatic carbocycles. The lowest BCUT2D eigenvalue weighted by Gasteiger charge is -2.31. The largest absolute Gasteiger partial charge is 0.352 e. The van der Waals surface area contributed by atoms with Gasteiger partial charge >= 0.3 is 6.03 Å². The van der Waals surface area contributed by atoms with Crippen molar-refractivity contribution < 1.29 is 9.32 Å². The first-order valence-electron chi connectivity index (χ1n) is 7.43.